The predicted octanol–water partition coefficient (Wildman–Crippen LogP) is 24.9. The van der Waals surface area contributed by atoms with Crippen molar-refractivity contribution in [3.8, 4) is 55.9 Å². The minimum atomic E-state index is -0.0864. The molecule has 16 aromatic rings. The molecule has 0 saturated heterocycles. The van der Waals surface area contributed by atoms with Gasteiger partial charge in [-0.15, -0.1) is 0 Å². The maximum absolute atomic E-state index is 2.43. The van der Waals surface area contributed by atoms with E-state index in [2.05, 4.69) is 386 Å². The van der Waals surface area contributed by atoms with E-state index in [1.54, 1.807) is 0 Å². The van der Waals surface area contributed by atoms with E-state index in [1.165, 1.54) is 110 Å². The van der Waals surface area contributed by atoms with E-state index in [9.17, 15) is 0 Å². The van der Waals surface area contributed by atoms with Crippen molar-refractivity contribution in [1.82, 2.24) is 9.13 Å². The maximum atomic E-state index is 2.43. The molecule has 0 atom stereocenters. The van der Waals surface area contributed by atoms with Crippen molar-refractivity contribution >= 4 is 89.9 Å². The Kier molecular flexibility index (Phi) is 13.2. The van der Waals surface area contributed by atoms with Crippen LogP contribution in [0.2, 0.25) is 0 Å². The van der Waals surface area contributed by atoms with Crippen molar-refractivity contribution in [2.24, 2.45) is 0 Å². The second-order valence-electron chi connectivity index (χ2n) is 26.9. The van der Waals surface area contributed by atoms with Crippen molar-refractivity contribution in [3.63, 3.8) is 0 Å². The molecule has 2 aliphatic rings. The summed E-state index contributed by atoms with van der Waals surface area (Å²) in [5, 5.41) is 4.83. The van der Waals surface area contributed by atoms with Crippen molar-refractivity contribution in [3.05, 3.63) is 361 Å². The van der Waals surface area contributed by atoms with Crippen LogP contribution in [-0.4, -0.2) is 9.13 Å². The first-order chi connectivity index (χ1) is 47.1. The van der Waals surface area contributed by atoms with Gasteiger partial charge in [0.05, 0.1) is 22.1 Å². The number of aromatic nitrogens is 2. The summed E-state index contributed by atoms with van der Waals surface area (Å²) in [6.45, 7) is 9.44. The monoisotopic (exact) mass is 1230 g/mol. The highest BCUT2D eigenvalue weighted by Gasteiger charge is 2.37. The summed E-state index contributed by atoms with van der Waals surface area (Å²) in [6.07, 6.45) is 4.44. The minimum absolute atomic E-state index is 0.0864. The molecule has 0 aliphatic heterocycles. The van der Waals surface area contributed by atoms with Crippen LogP contribution in [0.15, 0.2) is 328 Å². The zero-order valence-corrected chi connectivity index (χ0v) is 54.1. The molecule has 2 heterocycles. The summed E-state index contributed by atoms with van der Waals surface area (Å²) in [7, 11) is 0. The van der Waals surface area contributed by atoms with Crippen molar-refractivity contribution in [2.45, 2.75) is 38.5 Å². The smallest absolute Gasteiger partial charge is 0.0542 e. The highest BCUT2D eigenvalue weighted by atomic mass is 15.1. The lowest BCUT2D eigenvalue weighted by molar-refractivity contribution is 0.660. The van der Waals surface area contributed by atoms with Gasteiger partial charge in [-0.25, -0.2) is 0 Å². The first-order valence-corrected chi connectivity index (χ1v) is 33.5. The summed E-state index contributed by atoms with van der Waals surface area (Å²) < 4.78 is 4.83. The summed E-state index contributed by atoms with van der Waals surface area (Å²) in [5.41, 5.74) is 31.3. The molecule has 14 aromatic carbocycles. The molecule has 0 spiro atoms. The van der Waals surface area contributed by atoms with Gasteiger partial charge in [0.15, 0.2) is 0 Å². The summed E-state index contributed by atoms with van der Waals surface area (Å²) in [5.74, 6) is 0. The molecular weight excluding hydrogens is 1160 g/mol. The van der Waals surface area contributed by atoms with E-state index in [4.69, 9.17) is 0 Å². The third-order valence-corrected chi connectivity index (χ3v) is 20.7. The molecule has 456 valence electrons. The normalized spacial score (nSPS) is 13.3. The highest BCUT2D eigenvalue weighted by molar-refractivity contribution is 6.13. The Morgan fingerprint density at radius 3 is 0.927 bits per heavy atom. The van der Waals surface area contributed by atoms with Crippen LogP contribution in [0.25, 0.3) is 112 Å². The average Bonchev–Trinajstić information content (AvgIpc) is 1.58. The van der Waals surface area contributed by atoms with Gasteiger partial charge in [-0.2, -0.15) is 0 Å². The molecule has 0 fully saturated rings. The highest BCUT2D eigenvalue weighted by Crippen LogP contribution is 2.52. The van der Waals surface area contributed by atoms with Crippen molar-refractivity contribution < 1.29 is 0 Å². The Morgan fingerprint density at radius 1 is 0.240 bits per heavy atom. The molecule has 4 heteroatoms. The van der Waals surface area contributed by atoms with Gasteiger partial charge in [-0.1, -0.05) is 222 Å². The molecular formula is C92H68N4. The van der Waals surface area contributed by atoms with Crippen LogP contribution in [0.4, 0.5) is 34.1 Å². The first kappa shape index (κ1) is 56.7. The number of fused-ring (bicyclic) bond motifs is 12. The van der Waals surface area contributed by atoms with E-state index in [0.29, 0.717) is 0 Å². The van der Waals surface area contributed by atoms with Crippen LogP contribution in [0.5, 0.6) is 0 Å². The summed E-state index contributed by atoms with van der Waals surface area (Å²) in [6, 6.07) is 121. The van der Waals surface area contributed by atoms with Crippen LogP contribution in [0, 0.1) is 0 Å². The number of rotatable bonds is 12. The van der Waals surface area contributed by atoms with Gasteiger partial charge < -0.3 is 18.9 Å². The number of benzene rings is 14. The van der Waals surface area contributed by atoms with Gasteiger partial charge in [0.2, 0.25) is 0 Å². The molecule has 18 rings (SSSR count). The number of nitrogens with zero attached hydrogens (tertiary/aromatic N) is 4. The Balaban J connectivity index is 0.666. The van der Waals surface area contributed by atoms with Gasteiger partial charge in [-0.05, 0) is 223 Å². The molecule has 4 nitrogen and oxygen atoms in total. The Bertz CT molecular complexity index is 5380. The fourth-order valence-electron chi connectivity index (χ4n) is 15.8. The standard InChI is InChI=1S/C92H68N4/c1-91(2)83-31-19-17-29-75(83)77-49-39-65(57-85(77)91)63-41-51-87-79(55-63)81-59-73(47-53-89(81)95(87)69-25-13-7-14-26-69)93(67-21-9-5-10-22-67)71-43-35-61(36-44-71)33-34-62-37-45-72(46-38-62)94(68-23-11-6-12-24-68)74-48-54-90-82(60-74)80-56-64(42-52-88(80)96(90)70-27-15-8-16-28-70)66-40-50-78-76-30-18-20-32-84(76)92(3,4)86(78)58-66/h5-60H,1-4H3. The van der Waals surface area contributed by atoms with Crippen LogP contribution >= 0.6 is 0 Å². The molecule has 0 bridgehead atoms. The first-order valence-electron chi connectivity index (χ1n) is 33.5. The van der Waals surface area contributed by atoms with E-state index in [0.717, 1.165) is 56.6 Å². The van der Waals surface area contributed by atoms with E-state index >= 15 is 0 Å². The number of anilines is 6. The zero-order valence-electron chi connectivity index (χ0n) is 54.1. The largest absolute Gasteiger partial charge is 0.310 e. The molecule has 96 heavy (non-hydrogen) atoms. The van der Waals surface area contributed by atoms with E-state index < -0.39 is 0 Å². The third kappa shape index (κ3) is 9.27. The summed E-state index contributed by atoms with van der Waals surface area (Å²) in [4.78, 5) is 4.76. The predicted molar refractivity (Wildman–Crippen MR) is 406 cm³/mol. The van der Waals surface area contributed by atoms with Gasteiger partial charge in [0.1, 0.15) is 0 Å². The zero-order chi connectivity index (χ0) is 64.2. The van der Waals surface area contributed by atoms with Crippen molar-refractivity contribution in [1.29, 1.82) is 0 Å². The van der Waals surface area contributed by atoms with E-state index in [-0.39, 0.29) is 10.8 Å². The topological polar surface area (TPSA) is 16.3 Å². The lowest BCUT2D eigenvalue weighted by Crippen LogP contribution is -2.14. The van der Waals surface area contributed by atoms with Gasteiger partial charge in [0.25, 0.3) is 0 Å². The Hall–Kier alpha value is -12.0. The van der Waals surface area contributed by atoms with Crippen LogP contribution in [0.1, 0.15) is 61.1 Å². The van der Waals surface area contributed by atoms with Crippen molar-refractivity contribution in [2.75, 3.05) is 9.80 Å². The molecule has 0 saturated carbocycles. The Labute approximate surface area is 560 Å². The Morgan fingerprint density at radius 2 is 0.531 bits per heavy atom. The quantitative estimate of drug-likeness (QED) is 0.113. The van der Waals surface area contributed by atoms with Crippen LogP contribution in [0.3, 0.4) is 0 Å². The van der Waals surface area contributed by atoms with Crippen LogP contribution in [-0.2, 0) is 10.8 Å². The fourth-order valence-corrected chi connectivity index (χ4v) is 15.8. The molecule has 0 radical (unpaired) electrons. The lowest BCUT2D eigenvalue weighted by Gasteiger charge is -2.26. The maximum Gasteiger partial charge on any atom is 0.0542 e. The van der Waals surface area contributed by atoms with Gasteiger partial charge in [0, 0.05) is 77.9 Å². The van der Waals surface area contributed by atoms with E-state index in [1.807, 2.05) is 0 Å². The molecule has 0 N–H and O–H groups in total. The fraction of sp³-hybridized carbons (Fsp3) is 0.0652. The second-order valence-corrected chi connectivity index (χ2v) is 26.9. The van der Waals surface area contributed by atoms with Crippen LogP contribution < -0.4 is 9.80 Å². The average molecular weight is 1230 g/mol. The van der Waals surface area contributed by atoms with Gasteiger partial charge in [-0.3, -0.25) is 0 Å². The molecule has 2 aromatic heterocycles. The molecule has 0 unspecified atom stereocenters. The lowest BCUT2D eigenvalue weighted by atomic mass is 9.81. The SMILES string of the molecule is CC1(C)c2ccccc2-c2ccc(-c3ccc4c(c3)c3cc(N(c5ccccc5)c5ccc(C=Cc6ccc(N(c7ccccc7)c7ccc8c(c7)c7cc(-c9ccc%10c(c9)C(C)(C)c9ccccc9-%10)ccc7n8-c7ccccc7)cc6)cc5)ccc3n4-c3ccccc3)cc21. The third-order valence-electron chi connectivity index (χ3n) is 20.7. The number of hydrogen-bond acceptors (Lipinski definition) is 2. The number of para-hydroxylation sites is 4. The summed E-state index contributed by atoms with van der Waals surface area (Å²) >= 11 is 0. The second kappa shape index (κ2) is 22.4. The molecule has 0 amide bonds. The molecule has 2 aliphatic carbocycles. The minimum Gasteiger partial charge on any atom is -0.310 e. The number of hydrogen-bond donors (Lipinski definition) is 0. The van der Waals surface area contributed by atoms with Gasteiger partial charge >= 0.3 is 0 Å².